The summed E-state index contributed by atoms with van der Waals surface area (Å²) >= 11 is 0. The maximum Gasteiger partial charge on any atom is 0.176 e. The van der Waals surface area contributed by atoms with Gasteiger partial charge in [-0.15, -0.1) is 0 Å². The average Bonchev–Trinajstić information content (AvgIpc) is 2.97. The molecule has 0 saturated carbocycles. The molecule has 88 valence electrons. The summed E-state index contributed by atoms with van der Waals surface area (Å²) in [7, 11) is 0. The van der Waals surface area contributed by atoms with Crippen LogP contribution >= 0.6 is 0 Å². The lowest BCUT2D eigenvalue weighted by molar-refractivity contribution is 0.0945. The second-order valence-electron chi connectivity index (χ2n) is 4.69. The number of carbonyl (C=O) groups excluding carboxylic acids is 1. The van der Waals surface area contributed by atoms with E-state index in [-0.39, 0.29) is 5.78 Å². The van der Waals surface area contributed by atoms with E-state index in [0.29, 0.717) is 6.54 Å². The molecule has 3 rings (SSSR count). The maximum absolute atomic E-state index is 12.1. The van der Waals surface area contributed by atoms with E-state index in [1.807, 2.05) is 30.5 Å². The second kappa shape index (κ2) is 4.34. The number of aromatic amines is 1. The summed E-state index contributed by atoms with van der Waals surface area (Å²) in [6.07, 6.45) is 4.35. The van der Waals surface area contributed by atoms with Gasteiger partial charge in [0, 0.05) is 22.7 Å². The number of Topliss-reactive ketones (excluding diaryl/α,β-unsaturated/α-hetero) is 1. The molecule has 1 saturated heterocycles. The van der Waals surface area contributed by atoms with Crippen molar-refractivity contribution in [3.63, 3.8) is 0 Å². The van der Waals surface area contributed by atoms with Crippen molar-refractivity contribution in [3.8, 4) is 0 Å². The van der Waals surface area contributed by atoms with Crippen LogP contribution in [0.15, 0.2) is 30.5 Å². The van der Waals surface area contributed by atoms with Gasteiger partial charge in [-0.1, -0.05) is 0 Å². The van der Waals surface area contributed by atoms with Crippen LogP contribution in [0.2, 0.25) is 0 Å². The van der Waals surface area contributed by atoms with Crippen molar-refractivity contribution in [1.82, 2.24) is 9.88 Å². The van der Waals surface area contributed by atoms with Crippen molar-refractivity contribution in [3.05, 3.63) is 36.0 Å². The van der Waals surface area contributed by atoms with Crippen molar-refractivity contribution < 1.29 is 4.79 Å². The number of hydrogen-bond donors (Lipinski definition) is 1. The second-order valence-corrected chi connectivity index (χ2v) is 4.69. The summed E-state index contributed by atoms with van der Waals surface area (Å²) in [5, 5.41) is 1.11. The number of benzene rings is 1. The van der Waals surface area contributed by atoms with Gasteiger partial charge in [0.2, 0.25) is 0 Å². The fourth-order valence-corrected chi connectivity index (χ4v) is 2.46. The highest BCUT2D eigenvalue weighted by molar-refractivity contribution is 6.00. The van der Waals surface area contributed by atoms with Crippen LogP contribution in [-0.4, -0.2) is 35.3 Å². The molecule has 1 aliphatic rings. The third-order valence-corrected chi connectivity index (χ3v) is 3.44. The number of rotatable bonds is 3. The van der Waals surface area contributed by atoms with Gasteiger partial charge >= 0.3 is 0 Å². The van der Waals surface area contributed by atoms with Crippen molar-refractivity contribution in [2.75, 3.05) is 19.6 Å². The zero-order valence-corrected chi connectivity index (χ0v) is 9.78. The summed E-state index contributed by atoms with van der Waals surface area (Å²) < 4.78 is 0. The smallest absolute Gasteiger partial charge is 0.176 e. The first-order valence-corrected chi connectivity index (χ1v) is 6.16. The number of aromatic nitrogens is 1. The molecule has 3 heteroatoms. The van der Waals surface area contributed by atoms with E-state index >= 15 is 0 Å². The molecule has 0 spiro atoms. The van der Waals surface area contributed by atoms with Crippen molar-refractivity contribution in [2.24, 2.45) is 0 Å². The van der Waals surface area contributed by atoms with Crippen molar-refractivity contribution >= 4 is 16.7 Å². The molecule has 1 aromatic carbocycles. The number of carbonyl (C=O) groups is 1. The number of H-pyrrole nitrogens is 1. The zero-order valence-electron chi connectivity index (χ0n) is 9.78. The van der Waals surface area contributed by atoms with Crippen molar-refractivity contribution in [1.29, 1.82) is 0 Å². The fourth-order valence-electron chi connectivity index (χ4n) is 2.46. The molecule has 1 fully saturated rings. The van der Waals surface area contributed by atoms with E-state index < -0.39 is 0 Å². The summed E-state index contributed by atoms with van der Waals surface area (Å²) in [6.45, 7) is 2.70. The minimum absolute atomic E-state index is 0.231. The highest BCUT2D eigenvalue weighted by Gasteiger charge is 2.16. The topological polar surface area (TPSA) is 36.1 Å². The minimum Gasteiger partial charge on any atom is -0.361 e. The Morgan fingerprint density at radius 2 is 2.06 bits per heavy atom. The van der Waals surface area contributed by atoms with E-state index in [1.165, 1.54) is 12.8 Å². The Labute approximate surface area is 100 Å². The van der Waals surface area contributed by atoms with Gasteiger partial charge in [-0.25, -0.2) is 0 Å². The third kappa shape index (κ3) is 2.11. The molecule has 1 aliphatic heterocycles. The van der Waals surface area contributed by atoms with E-state index in [4.69, 9.17) is 0 Å². The van der Waals surface area contributed by atoms with Gasteiger partial charge in [0.25, 0.3) is 0 Å². The van der Waals surface area contributed by atoms with Crippen LogP contribution in [0.4, 0.5) is 0 Å². The predicted molar refractivity (Wildman–Crippen MR) is 68.3 cm³/mol. The summed E-state index contributed by atoms with van der Waals surface area (Å²) in [4.78, 5) is 17.5. The van der Waals surface area contributed by atoms with E-state index in [2.05, 4.69) is 9.88 Å². The van der Waals surface area contributed by atoms with Crippen LogP contribution in [0.1, 0.15) is 23.2 Å². The third-order valence-electron chi connectivity index (χ3n) is 3.44. The van der Waals surface area contributed by atoms with Gasteiger partial charge in [-0.05, 0) is 50.2 Å². The first-order valence-electron chi connectivity index (χ1n) is 6.16. The first-order chi connectivity index (χ1) is 8.33. The number of nitrogens with zero attached hydrogens (tertiary/aromatic N) is 1. The highest BCUT2D eigenvalue weighted by Crippen LogP contribution is 2.16. The van der Waals surface area contributed by atoms with Gasteiger partial charge in [-0.3, -0.25) is 9.69 Å². The molecule has 0 amide bonds. The van der Waals surface area contributed by atoms with Crippen LogP contribution < -0.4 is 0 Å². The molecule has 3 nitrogen and oxygen atoms in total. The lowest BCUT2D eigenvalue weighted by Crippen LogP contribution is -2.26. The quantitative estimate of drug-likeness (QED) is 0.819. The lowest BCUT2D eigenvalue weighted by Gasteiger charge is -2.13. The van der Waals surface area contributed by atoms with Crippen molar-refractivity contribution in [2.45, 2.75) is 12.8 Å². The van der Waals surface area contributed by atoms with Crippen LogP contribution in [0.5, 0.6) is 0 Å². The Morgan fingerprint density at radius 1 is 1.24 bits per heavy atom. The lowest BCUT2D eigenvalue weighted by atomic mass is 10.1. The maximum atomic E-state index is 12.1. The Bertz CT molecular complexity index is 538. The minimum atomic E-state index is 0.231. The Morgan fingerprint density at radius 3 is 2.88 bits per heavy atom. The molecule has 17 heavy (non-hydrogen) atoms. The monoisotopic (exact) mass is 228 g/mol. The van der Waals surface area contributed by atoms with E-state index in [0.717, 1.165) is 29.6 Å². The zero-order chi connectivity index (χ0) is 11.7. The molecular formula is C14H16N2O. The number of likely N-dealkylation sites (tertiary alicyclic amines) is 1. The van der Waals surface area contributed by atoms with Gasteiger partial charge in [0.15, 0.2) is 5.78 Å². The van der Waals surface area contributed by atoms with Crippen LogP contribution in [0.25, 0.3) is 10.9 Å². The predicted octanol–water partition coefficient (Wildman–Crippen LogP) is 2.45. The molecule has 1 N–H and O–H groups in total. The molecule has 0 aliphatic carbocycles. The first kappa shape index (κ1) is 10.5. The molecule has 1 aromatic heterocycles. The Kier molecular flexibility index (Phi) is 2.69. The molecule has 2 heterocycles. The summed E-state index contributed by atoms with van der Waals surface area (Å²) in [5.74, 6) is 0.231. The molecule has 2 aromatic rings. The van der Waals surface area contributed by atoms with Crippen LogP contribution in [0, 0.1) is 0 Å². The number of fused-ring (bicyclic) bond motifs is 1. The largest absolute Gasteiger partial charge is 0.361 e. The van der Waals surface area contributed by atoms with Gasteiger partial charge in [-0.2, -0.15) is 0 Å². The fraction of sp³-hybridized carbons (Fsp3) is 0.357. The van der Waals surface area contributed by atoms with Gasteiger partial charge in [0.1, 0.15) is 0 Å². The van der Waals surface area contributed by atoms with E-state index in [9.17, 15) is 4.79 Å². The summed E-state index contributed by atoms with van der Waals surface area (Å²) in [6, 6.07) is 7.87. The molecule has 0 unspecified atom stereocenters. The SMILES string of the molecule is O=C(CN1CCCC1)c1ccc2[nH]ccc2c1. The normalized spacial score (nSPS) is 16.7. The molecule has 0 atom stereocenters. The molecule has 0 bridgehead atoms. The number of ketones is 1. The standard InChI is InChI=1S/C14H16N2O/c17-14(10-16-7-1-2-8-16)12-3-4-13-11(9-12)5-6-15-13/h3-6,9,15H,1-2,7-8,10H2. The Balaban J connectivity index is 1.79. The average molecular weight is 228 g/mol. The van der Waals surface area contributed by atoms with E-state index in [1.54, 1.807) is 0 Å². The van der Waals surface area contributed by atoms with Crippen LogP contribution in [-0.2, 0) is 0 Å². The van der Waals surface area contributed by atoms with Gasteiger partial charge < -0.3 is 4.98 Å². The highest BCUT2D eigenvalue weighted by atomic mass is 16.1. The van der Waals surface area contributed by atoms with Crippen LogP contribution in [0.3, 0.4) is 0 Å². The Hall–Kier alpha value is -1.61. The molecular weight excluding hydrogens is 212 g/mol. The molecule has 0 radical (unpaired) electrons. The number of nitrogens with one attached hydrogen (secondary N) is 1. The number of hydrogen-bond acceptors (Lipinski definition) is 2. The van der Waals surface area contributed by atoms with Gasteiger partial charge in [0.05, 0.1) is 6.54 Å². The summed E-state index contributed by atoms with van der Waals surface area (Å²) in [5.41, 5.74) is 1.91.